The average Bonchev–Trinajstić information content (AvgIpc) is 2.95. The van der Waals surface area contributed by atoms with Gasteiger partial charge in [-0.3, -0.25) is 0 Å². The van der Waals surface area contributed by atoms with E-state index in [9.17, 15) is 9.50 Å². The number of hydrogen-bond donors (Lipinski definition) is 4. The Morgan fingerprint density at radius 3 is 2.86 bits per heavy atom. The maximum absolute atomic E-state index is 14.2. The third kappa shape index (κ3) is 3.71. The van der Waals surface area contributed by atoms with Gasteiger partial charge in [0, 0.05) is 18.7 Å². The first-order chi connectivity index (χ1) is 10.2. The lowest BCUT2D eigenvalue weighted by molar-refractivity contribution is 0.192. The van der Waals surface area contributed by atoms with Crippen molar-refractivity contribution in [3.63, 3.8) is 0 Å². The van der Waals surface area contributed by atoms with Crippen molar-refractivity contribution in [1.82, 2.24) is 5.32 Å². The normalized spacial score (nSPS) is 22.7. The Kier molecular flexibility index (Phi) is 5.52. The van der Waals surface area contributed by atoms with E-state index in [1.54, 1.807) is 12.1 Å². The van der Waals surface area contributed by atoms with Crippen LogP contribution in [-0.2, 0) is 6.54 Å². The summed E-state index contributed by atoms with van der Waals surface area (Å²) in [5.74, 6) is 0.104. The highest BCUT2D eigenvalue weighted by Crippen LogP contribution is 2.30. The van der Waals surface area contributed by atoms with E-state index in [-0.39, 0.29) is 18.0 Å². The number of amidine groups is 1. The molecule has 0 amide bonds. The Hall–Kier alpha value is -1.66. The molecule has 116 valence electrons. The molecule has 6 heteroatoms. The fraction of sp³-hybridized carbons (Fsp3) is 0.533. The molecule has 5 nitrogen and oxygen atoms in total. The minimum Gasteiger partial charge on any atom is -0.409 e. The maximum atomic E-state index is 14.2. The summed E-state index contributed by atoms with van der Waals surface area (Å²) in [6, 6.07) is 4.83. The van der Waals surface area contributed by atoms with Crippen LogP contribution in [0.5, 0.6) is 0 Å². The van der Waals surface area contributed by atoms with Gasteiger partial charge in [0.05, 0.1) is 5.56 Å². The van der Waals surface area contributed by atoms with Crippen LogP contribution in [0.1, 0.15) is 30.4 Å². The van der Waals surface area contributed by atoms with Crippen molar-refractivity contribution < 1.29 is 14.7 Å². The number of aliphatic hydroxyl groups excluding tert-OH is 1. The maximum Gasteiger partial charge on any atom is 0.173 e. The molecule has 2 atom stereocenters. The van der Waals surface area contributed by atoms with Crippen LogP contribution < -0.4 is 11.1 Å². The third-order valence-electron chi connectivity index (χ3n) is 4.24. The van der Waals surface area contributed by atoms with Gasteiger partial charge in [-0.2, -0.15) is 0 Å². The molecule has 1 aliphatic carbocycles. The molecule has 0 bridgehead atoms. The van der Waals surface area contributed by atoms with Crippen molar-refractivity contribution in [1.29, 1.82) is 0 Å². The number of aliphatic hydroxyl groups is 1. The van der Waals surface area contributed by atoms with Crippen LogP contribution in [0.4, 0.5) is 4.39 Å². The molecule has 0 spiro atoms. The van der Waals surface area contributed by atoms with Crippen LogP contribution in [0.3, 0.4) is 0 Å². The summed E-state index contributed by atoms with van der Waals surface area (Å²) in [5, 5.41) is 24.0. The van der Waals surface area contributed by atoms with Gasteiger partial charge in [-0.05, 0) is 37.3 Å². The Bertz CT molecular complexity index is 508. The van der Waals surface area contributed by atoms with Gasteiger partial charge in [0.2, 0.25) is 0 Å². The predicted octanol–water partition coefficient (Wildman–Crippen LogP) is 1.42. The van der Waals surface area contributed by atoms with Crippen LogP contribution in [0.25, 0.3) is 0 Å². The summed E-state index contributed by atoms with van der Waals surface area (Å²) in [4.78, 5) is 0. The lowest BCUT2D eigenvalue weighted by Gasteiger charge is -2.18. The van der Waals surface area contributed by atoms with Gasteiger partial charge in [-0.25, -0.2) is 4.39 Å². The summed E-state index contributed by atoms with van der Waals surface area (Å²) < 4.78 is 14.2. The van der Waals surface area contributed by atoms with Gasteiger partial charge >= 0.3 is 0 Å². The fourth-order valence-electron chi connectivity index (χ4n) is 2.98. The van der Waals surface area contributed by atoms with Gasteiger partial charge in [0.15, 0.2) is 5.84 Å². The molecule has 21 heavy (non-hydrogen) atoms. The summed E-state index contributed by atoms with van der Waals surface area (Å²) >= 11 is 0. The molecule has 0 saturated heterocycles. The van der Waals surface area contributed by atoms with Crippen LogP contribution >= 0.6 is 0 Å². The monoisotopic (exact) mass is 295 g/mol. The van der Waals surface area contributed by atoms with E-state index in [2.05, 4.69) is 10.5 Å². The second-order valence-electron chi connectivity index (χ2n) is 5.53. The van der Waals surface area contributed by atoms with Crippen LogP contribution in [-0.4, -0.2) is 29.3 Å². The standard InChI is InChI=1S/C15H22FN3O2/c16-14-11(4-2-6-13(14)15(17)19-21)8-18-7-10-3-1-5-12(10)9-20/h2,4,6,10,12,18,20-21H,1,3,5,7-9H2,(H2,17,19). The van der Waals surface area contributed by atoms with Crippen molar-refractivity contribution in [2.24, 2.45) is 22.7 Å². The molecule has 5 N–H and O–H groups in total. The molecule has 0 aromatic heterocycles. The molecule has 1 aromatic carbocycles. The highest BCUT2D eigenvalue weighted by molar-refractivity contribution is 5.97. The molecule has 2 unspecified atom stereocenters. The van der Waals surface area contributed by atoms with Crippen molar-refractivity contribution in [2.45, 2.75) is 25.8 Å². The molecular weight excluding hydrogens is 273 g/mol. The quantitative estimate of drug-likeness (QED) is 0.276. The number of nitrogens with one attached hydrogen (secondary N) is 1. The molecular formula is C15H22FN3O2. The van der Waals surface area contributed by atoms with E-state index in [0.717, 1.165) is 25.8 Å². The van der Waals surface area contributed by atoms with E-state index < -0.39 is 5.82 Å². The summed E-state index contributed by atoms with van der Waals surface area (Å²) in [6.45, 7) is 1.37. The molecule has 1 aliphatic rings. The largest absolute Gasteiger partial charge is 0.409 e. The lowest BCUT2D eigenvalue weighted by atomic mass is 9.97. The average molecular weight is 295 g/mol. The van der Waals surface area contributed by atoms with Gasteiger partial charge < -0.3 is 21.4 Å². The first-order valence-electron chi connectivity index (χ1n) is 7.24. The SMILES string of the molecule is N/C(=N/O)c1cccc(CNCC2CCCC2CO)c1F. The van der Waals surface area contributed by atoms with E-state index in [4.69, 9.17) is 10.9 Å². The van der Waals surface area contributed by atoms with Gasteiger partial charge in [0.25, 0.3) is 0 Å². The summed E-state index contributed by atoms with van der Waals surface area (Å²) in [7, 11) is 0. The number of halogens is 1. The summed E-state index contributed by atoms with van der Waals surface area (Å²) in [5.41, 5.74) is 6.03. The van der Waals surface area contributed by atoms with Gasteiger partial charge in [0.1, 0.15) is 5.82 Å². The number of rotatable bonds is 6. The van der Waals surface area contributed by atoms with Gasteiger partial charge in [-0.15, -0.1) is 0 Å². The zero-order valence-electron chi connectivity index (χ0n) is 11.9. The molecule has 0 radical (unpaired) electrons. The number of nitrogens with two attached hydrogens (primary N) is 1. The second kappa shape index (κ2) is 7.38. The van der Waals surface area contributed by atoms with E-state index >= 15 is 0 Å². The minimum atomic E-state index is -0.467. The van der Waals surface area contributed by atoms with Crippen LogP contribution in [0.15, 0.2) is 23.4 Å². The van der Waals surface area contributed by atoms with Crippen molar-refractivity contribution in [3.8, 4) is 0 Å². The zero-order chi connectivity index (χ0) is 15.2. The minimum absolute atomic E-state index is 0.103. The molecule has 2 rings (SSSR count). The predicted molar refractivity (Wildman–Crippen MR) is 78.5 cm³/mol. The lowest BCUT2D eigenvalue weighted by Crippen LogP contribution is -2.27. The highest BCUT2D eigenvalue weighted by Gasteiger charge is 2.26. The number of nitrogens with zero attached hydrogens (tertiary/aromatic N) is 1. The smallest absolute Gasteiger partial charge is 0.173 e. The number of hydrogen-bond acceptors (Lipinski definition) is 4. The van der Waals surface area contributed by atoms with Gasteiger partial charge in [-0.1, -0.05) is 23.7 Å². The van der Waals surface area contributed by atoms with Crippen molar-refractivity contribution in [2.75, 3.05) is 13.2 Å². The number of oxime groups is 1. The van der Waals surface area contributed by atoms with E-state index in [0.29, 0.717) is 23.9 Å². The molecule has 1 fully saturated rings. The Labute approximate surface area is 123 Å². The topological polar surface area (TPSA) is 90.9 Å². The third-order valence-corrected chi connectivity index (χ3v) is 4.24. The first-order valence-corrected chi connectivity index (χ1v) is 7.24. The van der Waals surface area contributed by atoms with Crippen LogP contribution in [0, 0.1) is 17.7 Å². The zero-order valence-corrected chi connectivity index (χ0v) is 11.9. The Balaban J connectivity index is 1.94. The van der Waals surface area contributed by atoms with Crippen molar-refractivity contribution >= 4 is 5.84 Å². The molecule has 1 saturated carbocycles. The fourth-order valence-corrected chi connectivity index (χ4v) is 2.98. The molecule has 0 aliphatic heterocycles. The first kappa shape index (κ1) is 15.7. The Morgan fingerprint density at radius 1 is 1.38 bits per heavy atom. The van der Waals surface area contributed by atoms with E-state index in [1.165, 1.54) is 6.07 Å². The van der Waals surface area contributed by atoms with Crippen molar-refractivity contribution in [3.05, 3.63) is 35.1 Å². The van der Waals surface area contributed by atoms with E-state index in [1.807, 2.05) is 0 Å². The molecule has 0 heterocycles. The molecule has 1 aromatic rings. The summed E-state index contributed by atoms with van der Waals surface area (Å²) in [6.07, 6.45) is 3.31. The highest BCUT2D eigenvalue weighted by atomic mass is 19.1. The second-order valence-corrected chi connectivity index (χ2v) is 5.53. The number of benzene rings is 1. The van der Waals surface area contributed by atoms with Crippen LogP contribution in [0.2, 0.25) is 0 Å². The Morgan fingerprint density at radius 2 is 2.14 bits per heavy atom.